The van der Waals surface area contributed by atoms with Crippen molar-refractivity contribution in [2.75, 3.05) is 7.11 Å². The largest absolute Gasteiger partial charge is 0.497 e. The van der Waals surface area contributed by atoms with E-state index in [1.807, 2.05) is 36.4 Å². The molecule has 0 aromatic heterocycles. The van der Waals surface area contributed by atoms with Gasteiger partial charge in [-0.05, 0) is 48.0 Å². The van der Waals surface area contributed by atoms with Gasteiger partial charge in [-0.1, -0.05) is 46.3 Å². The fraction of sp³-hybridized carbons (Fsp3) is 0.174. The molecule has 0 spiro atoms. The molecule has 3 aromatic carbocycles. The van der Waals surface area contributed by atoms with Crippen LogP contribution in [0, 0.1) is 0 Å². The maximum atomic E-state index is 6.38. The molecule has 140 valence electrons. The highest BCUT2D eigenvalue weighted by Gasteiger charge is 2.40. The third-order valence-corrected chi connectivity index (χ3v) is 5.81. The Balaban J connectivity index is 1.56. The lowest BCUT2D eigenvalue weighted by molar-refractivity contribution is -0.0190. The number of benzene rings is 3. The van der Waals surface area contributed by atoms with Crippen molar-refractivity contribution in [3.8, 4) is 11.5 Å². The van der Waals surface area contributed by atoms with Crippen LogP contribution in [0.25, 0.3) is 0 Å². The molecule has 28 heavy (non-hydrogen) atoms. The molecule has 5 rings (SSSR count). The van der Waals surface area contributed by atoms with Gasteiger partial charge in [0.15, 0.2) is 0 Å². The monoisotopic (exact) mass is 434 g/mol. The van der Waals surface area contributed by atoms with Crippen LogP contribution in [0.3, 0.4) is 0 Å². The summed E-state index contributed by atoms with van der Waals surface area (Å²) in [4.78, 5) is 0. The predicted molar refractivity (Wildman–Crippen MR) is 113 cm³/mol. The van der Waals surface area contributed by atoms with Crippen LogP contribution in [0.15, 0.2) is 82.4 Å². The van der Waals surface area contributed by atoms with Gasteiger partial charge in [-0.15, -0.1) is 0 Å². The van der Waals surface area contributed by atoms with E-state index in [-0.39, 0.29) is 12.3 Å². The van der Waals surface area contributed by atoms with E-state index in [0.717, 1.165) is 39.2 Å². The number of methoxy groups -OCH3 is 1. The molecule has 2 aliphatic rings. The predicted octanol–water partition coefficient (Wildman–Crippen LogP) is 5.70. The highest BCUT2D eigenvalue weighted by Crippen LogP contribution is 2.47. The summed E-state index contributed by atoms with van der Waals surface area (Å²) in [7, 11) is 1.67. The third kappa shape index (κ3) is 2.96. The Morgan fingerprint density at radius 1 is 1.00 bits per heavy atom. The number of para-hydroxylation sites is 1. The van der Waals surface area contributed by atoms with Crippen molar-refractivity contribution in [1.82, 2.24) is 5.01 Å². The minimum absolute atomic E-state index is 0.163. The van der Waals surface area contributed by atoms with Crippen molar-refractivity contribution in [3.05, 3.63) is 94.0 Å². The van der Waals surface area contributed by atoms with Gasteiger partial charge in [-0.25, -0.2) is 5.01 Å². The third-order valence-electron chi connectivity index (χ3n) is 5.28. The molecule has 2 aliphatic heterocycles. The Bertz CT molecular complexity index is 1030. The maximum absolute atomic E-state index is 6.38. The van der Waals surface area contributed by atoms with Crippen LogP contribution < -0.4 is 9.47 Å². The second kappa shape index (κ2) is 6.99. The molecule has 0 N–H and O–H groups in total. The molecule has 0 saturated heterocycles. The lowest BCUT2D eigenvalue weighted by atomic mass is 9.96. The molecule has 0 amide bonds. The van der Waals surface area contributed by atoms with E-state index in [9.17, 15) is 0 Å². The molecule has 0 fully saturated rings. The smallest absolute Gasteiger partial charge is 0.213 e. The van der Waals surface area contributed by atoms with Crippen LogP contribution in [-0.2, 0) is 0 Å². The van der Waals surface area contributed by atoms with Crippen molar-refractivity contribution in [1.29, 1.82) is 0 Å². The fourth-order valence-corrected chi connectivity index (χ4v) is 4.10. The molecule has 2 heterocycles. The summed E-state index contributed by atoms with van der Waals surface area (Å²) in [5, 5.41) is 7.09. The standard InChI is InChI=1S/C23H19BrN2O2/c1-27-18-12-8-16(9-13-18)23-26-21(19-4-2-3-5-22(19)28-23)14-20(25-26)15-6-10-17(24)11-7-15/h2-13,21,23H,14H2,1H3/t21-,23-/m0/s1. The van der Waals surface area contributed by atoms with E-state index in [1.54, 1.807) is 7.11 Å². The van der Waals surface area contributed by atoms with Gasteiger partial charge < -0.3 is 9.47 Å². The molecule has 0 saturated carbocycles. The Hall–Kier alpha value is -2.79. The van der Waals surface area contributed by atoms with Crippen LogP contribution >= 0.6 is 15.9 Å². The van der Waals surface area contributed by atoms with Crippen LogP contribution in [0.4, 0.5) is 0 Å². The van der Waals surface area contributed by atoms with Crippen LogP contribution in [0.5, 0.6) is 11.5 Å². The van der Waals surface area contributed by atoms with E-state index in [4.69, 9.17) is 14.6 Å². The van der Waals surface area contributed by atoms with E-state index in [2.05, 4.69) is 57.3 Å². The first-order chi connectivity index (χ1) is 13.7. The molecule has 0 unspecified atom stereocenters. The first kappa shape index (κ1) is 17.3. The van der Waals surface area contributed by atoms with Gasteiger partial charge in [0.1, 0.15) is 11.5 Å². The number of fused-ring (bicyclic) bond motifs is 3. The van der Waals surface area contributed by atoms with Crippen molar-refractivity contribution in [2.45, 2.75) is 18.7 Å². The van der Waals surface area contributed by atoms with Crippen molar-refractivity contribution in [2.24, 2.45) is 5.10 Å². The van der Waals surface area contributed by atoms with Crippen molar-refractivity contribution in [3.63, 3.8) is 0 Å². The fourth-order valence-electron chi connectivity index (χ4n) is 3.84. The molecule has 3 aromatic rings. The number of halogens is 1. The topological polar surface area (TPSA) is 34.1 Å². The summed E-state index contributed by atoms with van der Waals surface area (Å²) in [6.07, 6.45) is 0.591. The second-order valence-corrected chi connectivity index (χ2v) is 7.85. The molecule has 5 heteroatoms. The van der Waals surface area contributed by atoms with E-state index in [0.29, 0.717) is 0 Å². The number of rotatable bonds is 3. The zero-order valence-corrected chi connectivity index (χ0v) is 17.0. The Kier molecular flexibility index (Phi) is 4.32. The summed E-state index contributed by atoms with van der Waals surface area (Å²) in [6.45, 7) is 0. The van der Waals surface area contributed by atoms with Gasteiger partial charge in [0.05, 0.1) is 18.9 Å². The molecule has 0 radical (unpaired) electrons. The van der Waals surface area contributed by atoms with Gasteiger partial charge in [0.25, 0.3) is 0 Å². The zero-order valence-electron chi connectivity index (χ0n) is 15.4. The lowest BCUT2D eigenvalue weighted by Crippen LogP contribution is -2.33. The van der Waals surface area contributed by atoms with Crippen LogP contribution in [-0.4, -0.2) is 17.8 Å². The SMILES string of the molecule is COc1ccc([C@@H]2Oc3ccccc3[C@@H]3CC(c4ccc(Br)cc4)=NN32)cc1. The minimum atomic E-state index is -0.265. The number of hydrogen-bond acceptors (Lipinski definition) is 4. The van der Waals surface area contributed by atoms with Crippen molar-refractivity contribution >= 4 is 21.6 Å². The van der Waals surface area contributed by atoms with Gasteiger partial charge in [-0.2, -0.15) is 5.10 Å². The molecule has 0 aliphatic carbocycles. The average molecular weight is 435 g/mol. The van der Waals surface area contributed by atoms with E-state index < -0.39 is 0 Å². The van der Waals surface area contributed by atoms with Crippen LogP contribution in [0.2, 0.25) is 0 Å². The Morgan fingerprint density at radius 3 is 2.50 bits per heavy atom. The highest BCUT2D eigenvalue weighted by atomic mass is 79.9. The van der Waals surface area contributed by atoms with Gasteiger partial charge in [0, 0.05) is 22.0 Å². The Morgan fingerprint density at radius 2 is 1.75 bits per heavy atom. The van der Waals surface area contributed by atoms with Gasteiger partial charge in [0.2, 0.25) is 6.23 Å². The molecule has 4 nitrogen and oxygen atoms in total. The summed E-state index contributed by atoms with van der Waals surface area (Å²) in [6, 6.07) is 24.8. The molecule has 0 bridgehead atoms. The summed E-state index contributed by atoms with van der Waals surface area (Å²) in [5.74, 6) is 1.76. The first-order valence-corrected chi connectivity index (χ1v) is 10.0. The Labute approximate surface area is 172 Å². The second-order valence-electron chi connectivity index (χ2n) is 6.93. The first-order valence-electron chi connectivity index (χ1n) is 9.24. The molecule has 2 atom stereocenters. The van der Waals surface area contributed by atoms with Crippen molar-refractivity contribution < 1.29 is 9.47 Å². The summed E-state index contributed by atoms with van der Waals surface area (Å²) in [5.41, 5.74) is 4.46. The summed E-state index contributed by atoms with van der Waals surface area (Å²) < 4.78 is 12.7. The lowest BCUT2D eigenvalue weighted by Gasteiger charge is -2.38. The number of hydrazone groups is 1. The van der Waals surface area contributed by atoms with E-state index in [1.165, 1.54) is 5.56 Å². The van der Waals surface area contributed by atoms with E-state index >= 15 is 0 Å². The quantitative estimate of drug-likeness (QED) is 0.529. The van der Waals surface area contributed by atoms with Gasteiger partial charge in [-0.3, -0.25) is 0 Å². The molecular weight excluding hydrogens is 416 g/mol. The summed E-state index contributed by atoms with van der Waals surface area (Å²) >= 11 is 3.51. The minimum Gasteiger partial charge on any atom is -0.497 e. The normalized spacial score (nSPS) is 20.1. The highest BCUT2D eigenvalue weighted by molar-refractivity contribution is 9.10. The average Bonchev–Trinajstić information content (AvgIpc) is 3.19. The maximum Gasteiger partial charge on any atom is 0.213 e. The van der Waals surface area contributed by atoms with Crippen LogP contribution in [0.1, 0.15) is 35.4 Å². The number of hydrogen-bond donors (Lipinski definition) is 0. The zero-order chi connectivity index (χ0) is 19.1. The number of nitrogens with zero attached hydrogens (tertiary/aromatic N) is 2. The number of ether oxygens (including phenoxy) is 2. The van der Waals surface area contributed by atoms with Gasteiger partial charge >= 0.3 is 0 Å². The molecular formula is C23H19BrN2O2.